The van der Waals surface area contributed by atoms with E-state index in [0.717, 1.165) is 6.08 Å². The van der Waals surface area contributed by atoms with Crippen LogP contribution in [0.25, 0.3) is 0 Å². The normalized spacial score (nSPS) is 11.6. The van der Waals surface area contributed by atoms with E-state index in [1.165, 1.54) is 6.92 Å². The molecule has 0 rings (SSSR count). The second-order valence-corrected chi connectivity index (χ2v) is 3.10. The van der Waals surface area contributed by atoms with Gasteiger partial charge < -0.3 is 14.7 Å². The average Bonchev–Trinajstić information content (AvgIpc) is 2.01. The van der Waals surface area contributed by atoms with Crippen LogP contribution in [0.4, 0.5) is 0 Å². The largest absolute Gasteiger partial charge is 0.478 e. The Hall–Kier alpha value is -1.36. The van der Waals surface area contributed by atoms with Crippen molar-refractivity contribution >= 4 is 11.9 Å². The molecule has 0 atom stereocenters. The number of carbonyl (C=O) groups excluding carboxylic acids is 1. The Balaban J connectivity index is 3.91. The van der Waals surface area contributed by atoms with Crippen molar-refractivity contribution < 1.29 is 19.4 Å². The van der Waals surface area contributed by atoms with E-state index < -0.39 is 11.9 Å². The third-order valence-electron chi connectivity index (χ3n) is 1.43. The highest BCUT2D eigenvalue weighted by Crippen LogP contribution is 1.96. The number of esters is 1. The fraction of sp³-hybridized carbons (Fsp3) is 0.556. The Morgan fingerprint density at radius 2 is 2.00 bits per heavy atom. The zero-order chi connectivity index (χ0) is 11.1. The molecule has 0 saturated carbocycles. The van der Waals surface area contributed by atoms with E-state index in [1.807, 2.05) is 19.0 Å². The zero-order valence-electron chi connectivity index (χ0n) is 8.61. The van der Waals surface area contributed by atoms with Crippen LogP contribution in [0, 0.1) is 0 Å². The number of hydrogen-bond donors (Lipinski definition) is 1. The maximum Gasteiger partial charge on any atom is 0.334 e. The Morgan fingerprint density at radius 3 is 2.43 bits per heavy atom. The third kappa shape index (κ3) is 6.19. The predicted molar refractivity (Wildman–Crippen MR) is 50.9 cm³/mol. The summed E-state index contributed by atoms with van der Waals surface area (Å²) in [6.45, 7) is 2.29. The van der Waals surface area contributed by atoms with E-state index in [1.54, 1.807) is 0 Å². The van der Waals surface area contributed by atoms with Gasteiger partial charge in [-0.25, -0.2) is 9.59 Å². The van der Waals surface area contributed by atoms with Gasteiger partial charge in [-0.3, -0.25) is 0 Å². The van der Waals surface area contributed by atoms with E-state index in [9.17, 15) is 9.59 Å². The van der Waals surface area contributed by atoms with Crippen LogP contribution >= 0.6 is 0 Å². The maximum absolute atomic E-state index is 11.1. The summed E-state index contributed by atoms with van der Waals surface area (Å²) in [6, 6.07) is 0. The molecule has 0 radical (unpaired) electrons. The molecule has 0 bridgehead atoms. The molecule has 5 heteroatoms. The Labute approximate surface area is 83.0 Å². The maximum atomic E-state index is 11.1. The number of nitrogens with zero attached hydrogens (tertiary/aromatic N) is 1. The van der Waals surface area contributed by atoms with Gasteiger partial charge >= 0.3 is 11.9 Å². The number of aliphatic carboxylic acids is 1. The molecular formula is C9H15NO4. The van der Waals surface area contributed by atoms with Gasteiger partial charge in [0.1, 0.15) is 6.61 Å². The van der Waals surface area contributed by atoms with Crippen LogP contribution in [0.15, 0.2) is 11.6 Å². The minimum atomic E-state index is -1.15. The Bertz CT molecular complexity index is 245. The van der Waals surface area contributed by atoms with Gasteiger partial charge in [0.05, 0.1) is 0 Å². The molecule has 0 spiro atoms. The quantitative estimate of drug-likeness (QED) is 0.505. The fourth-order valence-electron chi connectivity index (χ4n) is 0.679. The smallest absolute Gasteiger partial charge is 0.334 e. The second kappa shape index (κ2) is 6.15. The molecule has 0 aliphatic heterocycles. The van der Waals surface area contributed by atoms with Gasteiger partial charge in [0.15, 0.2) is 0 Å². The monoisotopic (exact) mass is 201 g/mol. The van der Waals surface area contributed by atoms with Crippen LogP contribution in [-0.4, -0.2) is 49.2 Å². The van der Waals surface area contributed by atoms with Crippen molar-refractivity contribution in [2.24, 2.45) is 0 Å². The summed E-state index contributed by atoms with van der Waals surface area (Å²) in [5, 5.41) is 8.35. The first kappa shape index (κ1) is 12.6. The first-order chi connectivity index (χ1) is 6.43. The molecule has 0 fully saturated rings. The predicted octanol–water partition coefficient (Wildman–Crippen LogP) is 0.122. The van der Waals surface area contributed by atoms with Crippen LogP contribution in [0.3, 0.4) is 0 Å². The lowest BCUT2D eigenvalue weighted by molar-refractivity contribution is -0.140. The van der Waals surface area contributed by atoms with Crippen molar-refractivity contribution in [2.75, 3.05) is 27.2 Å². The minimum Gasteiger partial charge on any atom is -0.478 e. The third-order valence-corrected chi connectivity index (χ3v) is 1.43. The highest BCUT2D eigenvalue weighted by Gasteiger charge is 2.07. The van der Waals surface area contributed by atoms with E-state index in [2.05, 4.69) is 0 Å². The van der Waals surface area contributed by atoms with Crippen LogP contribution < -0.4 is 0 Å². The summed E-state index contributed by atoms with van der Waals surface area (Å²) in [6.07, 6.45) is 0.831. The Morgan fingerprint density at radius 1 is 1.43 bits per heavy atom. The topological polar surface area (TPSA) is 66.8 Å². The molecule has 0 aliphatic carbocycles. The summed E-state index contributed by atoms with van der Waals surface area (Å²) < 4.78 is 4.80. The molecule has 0 saturated heterocycles. The summed E-state index contributed by atoms with van der Waals surface area (Å²) in [7, 11) is 3.71. The van der Waals surface area contributed by atoms with Crippen molar-refractivity contribution in [1.29, 1.82) is 0 Å². The summed E-state index contributed by atoms with van der Waals surface area (Å²) in [5.41, 5.74) is 0.0938. The van der Waals surface area contributed by atoms with Crippen LogP contribution in [0.5, 0.6) is 0 Å². The van der Waals surface area contributed by atoms with Gasteiger partial charge in [-0.1, -0.05) is 0 Å². The molecule has 0 amide bonds. The van der Waals surface area contributed by atoms with E-state index in [0.29, 0.717) is 6.54 Å². The number of rotatable bonds is 5. The van der Waals surface area contributed by atoms with Crippen LogP contribution in [0.1, 0.15) is 6.92 Å². The SMILES string of the molecule is CC(=CC(=O)O)C(=O)OCCN(C)C. The van der Waals surface area contributed by atoms with Crippen molar-refractivity contribution in [3.8, 4) is 0 Å². The van der Waals surface area contributed by atoms with E-state index in [-0.39, 0.29) is 12.2 Å². The molecule has 0 aromatic rings. The molecular weight excluding hydrogens is 186 g/mol. The van der Waals surface area contributed by atoms with Gasteiger partial charge in [0.25, 0.3) is 0 Å². The van der Waals surface area contributed by atoms with Gasteiger partial charge in [0, 0.05) is 18.2 Å². The highest BCUT2D eigenvalue weighted by molar-refractivity contribution is 5.95. The number of carboxylic acids is 1. The molecule has 14 heavy (non-hydrogen) atoms. The Kier molecular flexibility index (Phi) is 5.55. The van der Waals surface area contributed by atoms with Crippen molar-refractivity contribution in [2.45, 2.75) is 6.92 Å². The van der Waals surface area contributed by atoms with Crippen molar-refractivity contribution in [3.63, 3.8) is 0 Å². The number of carbonyl (C=O) groups is 2. The van der Waals surface area contributed by atoms with Gasteiger partial charge in [0.2, 0.25) is 0 Å². The lowest BCUT2D eigenvalue weighted by Crippen LogP contribution is -2.20. The van der Waals surface area contributed by atoms with E-state index >= 15 is 0 Å². The highest BCUT2D eigenvalue weighted by atomic mass is 16.5. The first-order valence-corrected chi connectivity index (χ1v) is 4.16. The number of likely N-dealkylation sites (N-methyl/N-ethyl adjacent to an activating group) is 1. The second-order valence-electron chi connectivity index (χ2n) is 3.10. The minimum absolute atomic E-state index is 0.0938. The number of hydrogen-bond acceptors (Lipinski definition) is 4. The van der Waals surface area contributed by atoms with Gasteiger partial charge in [-0.05, 0) is 21.0 Å². The van der Waals surface area contributed by atoms with Gasteiger partial charge in [-0.2, -0.15) is 0 Å². The standard InChI is InChI=1S/C9H15NO4/c1-7(6-8(11)12)9(13)14-5-4-10(2)3/h6H,4-5H2,1-3H3,(H,11,12). The molecule has 1 N–H and O–H groups in total. The van der Waals surface area contributed by atoms with Crippen LogP contribution in [0.2, 0.25) is 0 Å². The lowest BCUT2D eigenvalue weighted by atomic mass is 10.3. The van der Waals surface area contributed by atoms with Crippen molar-refractivity contribution in [3.05, 3.63) is 11.6 Å². The molecule has 0 aromatic heterocycles. The van der Waals surface area contributed by atoms with Gasteiger partial charge in [-0.15, -0.1) is 0 Å². The lowest BCUT2D eigenvalue weighted by Gasteiger charge is -2.09. The van der Waals surface area contributed by atoms with Crippen LogP contribution in [-0.2, 0) is 14.3 Å². The molecule has 0 heterocycles. The summed E-state index contributed by atoms with van der Waals surface area (Å²) in [5.74, 6) is -1.73. The molecule has 0 aromatic carbocycles. The summed E-state index contributed by atoms with van der Waals surface area (Å²) in [4.78, 5) is 23.2. The first-order valence-electron chi connectivity index (χ1n) is 4.16. The molecule has 80 valence electrons. The number of ether oxygens (including phenoxy) is 1. The van der Waals surface area contributed by atoms with Crippen molar-refractivity contribution in [1.82, 2.24) is 4.90 Å². The molecule has 5 nitrogen and oxygen atoms in total. The molecule has 0 aliphatic rings. The number of carboxylic acid groups (broad SMARTS) is 1. The zero-order valence-corrected chi connectivity index (χ0v) is 8.61. The summed E-state index contributed by atoms with van der Waals surface area (Å²) >= 11 is 0. The fourth-order valence-corrected chi connectivity index (χ4v) is 0.679. The molecule has 0 unspecified atom stereocenters. The van der Waals surface area contributed by atoms with E-state index in [4.69, 9.17) is 9.84 Å². The average molecular weight is 201 g/mol.